The molecule has 0 amide bonds. The van der Waals surface area contributed by atoms with Gasteiger partial charge in [0, 0.05) is 24.9 Å². The first-order valence-corrected chi connectivity index (χ1v) is 13.6. The summed E-state index contributed by atoms with van der Waals surface area (Å²) < 4.78 is 25.6. The van der Waals surface area contributed by atoms with E-state index in [4.69, 9.17) is 0 Å². The van der Waals surface area contributed by atoms with Gasteiger partial charge in [-0.15, -0.1) is 0 Å². The zero-order valence-corrected chi connectivity index (χ0v) is 21.7. The number of nitrogens with one attached hydrogen (secondary N) is 1. The summed E-state index contributed by atoms with van der Waals surface area (Å²) in [6.07, 6.45) is 2.11. The Bertz CT molecular complexity index is 1500. The molecule has 2 aromatic carbocycles. The van der Waals surface area contributed by atoms with Gasteiger partial charge in [0.15, 0.2) is 5.82 Å². The number of nitrogens with zero attached hydrogens (tertiary/aromatic N) is 4. The molecule has 38 heavy (non-hydrogen) atoms. The molecule has 3 aliphatic rings. The van der Waals surface area contributed by atoms with Gasteiger partial charge >= 0.3 is 5.97 Å². The van der Waals surface area contributed by atoms with E-state index in [1.165, 1.54) is 54.1 Å². The molecule has 8 nitrogen and oxygen atoms in total. The molecular weight excluding hydrogens is 505 g/mol. The Hall–Kier alpha value is -4.18. The van der Waals surface area contributed by atoms with Gasteiger partial charge in [-0.3, -0.25) is 4.21 Å². The quantitative estimate of drug-likeness (QED) is 0.330. The summed E-state index contributed by atoms with van der Waals surface area (Å²) in [6, 6.07) is 22.3. The Labute approximate surface area is 222 Å². The van der Waals surface area contributed by atoms with Crippen molar-refractivity contribution < 1.29 is 18.5 Å². The van der Waals surface area contributed by atoms with Crippen molar-refractivity contribution >= 4 is 28.7 Å². The van der Waals surface area contributed by atoms with Crippen LogP contribution in [0.2, 0.25) is 0 Å². The molecule has 3 aromatic rings. The number of fused-ring (bicyclic) bond motifs is 2. The lowest BCUT2D eigenvalue weighted by Gasteiger charge is -2.30. The predicted molar refractivity (Wildman–Crippen MR) is 146 cm³/mol. The van der Waals surface area contributed by atoms with Crippen molar-refractivity contribution in [3.8, 4) is 22.5 Å². The number of anilines is 2. The Morgan fingerprint density at radius 2 is 1.66 bits per heavy atom. The highest BCUT2D eigenvalue weighted by Gasteiger charge is 2.39. The molecule has 0 fully saturated rings. The SMILES string of the molecule is C[S@@](=O)C(C)(Nc1nc(-c2ccc(F)cc2)nc(N2CCc3ccccc3C2)n1)C(=O)O.c1cc2cc-2c1. The third-order valence-corrected chi connectivity index (χ3v) is 8.01. The monoisotopic (exact) mass is 531 g/mol. The summed E-state index contributed by atoms with van der Waals surface area (Å²) in [5, 5.41) is 12.3. The minimum atomic E-state index is -1.80. The van der Waals surface area contributed by atoms with Crippen molar-refractivity contribution in [2.24, 2.45) is 0 Å². The third kappa shape index (κ3) is 5.40. The maximum absolute atomic E-state index is 13.4. The number of rotatable bonds is 6. The topological polar surface area (TPSA) is 108 Å². The summed E-state index contributed by atoms with van der Waals surface area (Å²) >= 11 is 0. The van der Waals surface area contributed by atoms with Gasteiger partial charge in [0.2, 0.25) is 16.8 Å². The van der Waals surface area contributed by atoms with E-state index in [0.29, 0.717) is 24.6 Å². The van der Waals surface area contributed by atoms with E-state index in [2.05, 4.69) is 50.6 Å². The van der Waals surface area contributed by atoms with E-state index in [-0.39, 0.29) is 11.8 Å². The van der Waals surface area contributed by atoms with Gasteiger partial charge in [-0.1, -0.05) is 42.5 Å². The van der Waals surface area contributed by atoms with Crippen LogP contribution in [0.4, 0.5) is 16.3 Å². The van der Waals surface area contributed by atoms with Crippen LogP contribution in [0.1, 0.15) is 18.1 Å². The van der Waals surface area contributed by atoms with Crippen molar-refractivity contribution in [3.63, 3.8) is 0 Å². The molecule has 1 aromatic heterocycles. The van der Waals surface area contributed by atoms with E-state index in [0.717, 1.165) is 12.0 Å². The van der Waals surface area contributed by atoms with Crippen LogP contribution < -0.4 is 10.2 Å². The molecule has 10 heteroatoms. The normalized spacial score (nSPS) is 15.3. The van der Waals surface area contributed by atoms with E-state index in [1.54, 1.807) is 0 Å². The summed E-state index contributed by atoms with van der Waals surface area (Å²) in [5.74, 6) is -1.10. The second-order valence-corrected chi connectivity index (χ2v) is 11.0. The molecule has 0 saturated heterocycles. The lowest BCUT2D eigenvalue weighted by atomic mass is 10.0. The largest absolute Gasteiger partial charge is 0.479 e. The van der Waals surface area contributed by atoms with Gasteiger partial charge in [-0.2, -0.15) is 15.0 Å². The average Bonchev–Trinajstić information content (AvgIpc) is 3.52. The summed E-state index contributed by atoms with van der Waals surface area (Å²) in [7, 11) is -1.77. The number of hydrogen-bond acceptors (Lipinski definition) is 7. The minimum absolute atomic E-state index is 0.0201. The fourth-order valence-electron chi connectivity index (χ4n) is 4.09. The second-order valence-electron chi connectivity index (χ2n) is 9.23. The molecule has 1 aliphatic heterocycles. The number of aromatic nitrogens is 3. The molecule has 2 N–H and O–H groups in total. The van der Waals surface area contributed by atoms with Crippen LogP contribution in [0.25, 0.3) is 22.5 Å². The highest BCUT2D eigenvalue weighted by atomic mass is 32.2. The van der Waals surface area contributed by atoms with Crippen LogP contribution in [0.15, 0.2) is 72.8 Å². The zero-order valence-electron chi connectivity index (χ0n) is 20.9. The maximum Gasteiger partial charge on any atom is 0.342 e. The van der Waals surface area contributed by atoms with Crippen molar-refractivity contribution in [3.05, 3.63) is 89.7 Å². The van der Waals surface area contributed by atoms with Crippen LogP contribution in [-0.2, 0) is 28.6 Å². The first-order chi connectivity index (χ1) is 18.2. The molecule has 2 atom stereocenters. The Balaban J connectivity index is 0.000000424. The van der Waals surface area contributed by atoms with E-state index in [1.807, 2.05) is 23.1 Å². The highest BCUT2D eigenvalue weighted by molar-refractivity contribution is 7.86. The fourth-order valence-corrected chi connectivity index (χ4v) is 4.57. The standard InChI is InChI=1S/C22H22FN5O3S.C6H4/c1-22(19(29)30,32(2)31)27-20-24-18(15-7-9-17(23)10-8-15)25-21(26-20)28-12-11-14-5-3-4-6-16(14)13-28;1-2-5-4-6(5)3-1/h3-10H,11-13H2,1-2H3,(H,29,30)(H,24,25,26,27);1-4H/t22?,32-;/m1./s1. The molecular formula is C28H26FN5O3S. The van der Waals surface area contributed by atoms with Crippen molar-refractivity contribution in [2.45, 2.75) is 24.8 Å². The predicted octanol–water partition coefficient (Wildman–Crippen LogP) is 4.50. The number of hydrogen-bond donors (Lipinski definition) is 2. The summed E-state index contributed by atoms with van der Waals surface area (Å²) in [4.78, 5) is 25.3. The molecule has 194 valence electrons. The average molecular weight is 532 g/mol. The highest BCUT2D eigenvalue weighted by Crippen LogP contribution is 2.32. The Morgan fingerprint density at radius 1 is 0.974 bits per heavy atom. The van der Waals surface area contributed by atoms with Crippen LogP contribution in [-0.4, -0.2) is 47.9 Å². The molecule has 0 radical (unpaired) electrons. The molecule has 0 bridgehead atoms. The van der Waals surface area contributed by atoms with Gasteiger partial charge in [0.05, 0.1) is 10.8 Å². The zero-order chi connectivity index (χ0) is 26.9. The van der Waals surface area contributed by atoms with E-state index >= 15 is 0 Å². The van der Waals surface area contributed by atoms with Gasteiger partial charge < -0.3 is 15.3 Å². The molecule has 1 unspecified atom stereocenters. The lowest BCUT2D eigenvalue weighted by Crippen LogP contribution is -2.47. The van der Waals surface area contributed by atoms with Crippen molar-refractivity contribution in [1.29, 1.82) is 0 Å². The number of carboxylic acid groups (broad SMARTS) is 1. The third-order valence-electron chi connectivity index (χ3n) is 6.59. The second kappa shape index (κ2) is 10.3. The number of halogens is 1. The van der Waals surface area contributed by atoms with E-state index in [9.17, 15) is 18.5 Å². The number of carboxylic acids is 1. The molecule has 2 aliphatic carbocycles. The number of aliphatic carboxylic acids is 1. The van der Waals surface area contributed by atoms with Crippen LogP contribution in [0.3, 0.4) is 0 Å². The molecule has 0 spiro atoms. The lowest BCUT2D eigenvalue weighted by molar-refractivity contribution is -0.138. The van der Waals surface area contributed by atoms with Gasteiger partial charge in [0.1, 0.15) is 5.82 Å². The number of benzene rings is 3. The molecule has 0 saturated carbocycles. The minimum Gasteiger partial charge on any atom is -0.479 e. The maximum atomic E-state index is 13.4. The number of carbonyl (C=O) groups is 1. The van der Waals surface area contributed by atoms with Gasteiger partial charge in [-0.25, -0.2) is 9.18 Å². The fraction of sp³-hybridized carbons (Fsp3) is 0.214. The smallest absolute Gasteiger partial charge is 0.342 e. The summed E-state index contributed by atoms with van der Waals surface area (Å²) in [6.45, 7) is 2.56. The first kappa shape index (κ1) is 25.5. The first-order valence-electron chi connectivity index (χ1n) is 12.0. The van der Waals surface area contributed by atoms with E-state index < -0.39 is 27.5 Å². The van der Waals surface area contributed by atoms with Crippen molar-refractivity contribution in [2.75, 3.05) is 23.0 Å². The van der Waals surface area contributed by atoms with Crippen LogP contribution >= 0.6 is 0 Å². The van der Waals surface area contributed by atoms with Crippen LogP contribution in [0.5, 0.6) is 0 Å². The summed E-state index contributed by atoms with van der Waals surface area (Å²) in [5.41, 5.74) is 5.81. The van der Waals surface area contributed by atoms with Crippen molar-refractivity contribution in [1.82, 2.24) is 15.0 Å². The molecule has 2 heterocycles. The van der Waals surface area contributed by atoms with Gasteiger partial charge in [-0.05, 0) is 65.9 Å². The molecule has 6 rings (SSSR count). The van der Waals surface area contributed by atoms with Gasteiger partial charge in [0.25, 0.3) is 0 Å². The Morgan fingerprint density at radius 3 is 2.24 bits per heavy atom. The Kier molecular flexibility index (Phi) is 6.90. The van der Waals surface area contributed by atoms with Crippen LogP contribution in [0, 0.1) is 5.82 Å².